The standard InChI is InChI=1S/C30H27NO8/c1-16-9-6-7-11-19(16)31-25(18-14-22(36-3)29(38-5)23(15-18)37-4)24(27(33)30(31)34)26(32)21-13-17-10-8-12-20(35-2)28(17)39-21/h6-15,25,33H,1-5H3. The number of para-hydroxylation sites is 2. The number of benzene rings is 3. The van der Waals surface area contributed by atoms with Crippen molar-refractivity contribution in [3.05, 3.63) is 88.9 Å². The molecule has 0 aliphatic carbocycles. The predicted molar refractivity (Wildman–Crippen MR) is 144 cm³/mol. The molecule has 200 valence electrons. The molecule has 1 unspecified atom stereocenters. The SMILES string of the molecule is COc1cc(C2C(C(=O)c3cc4cccc(OC)c4o3)=C(O)C(=O)N2c2ccccc2C)cc(OC)c1OC. The van der Waals surface area contributed by atoms with E-state index in [0.29, 0.717) is 45.2 Å². The van der Waals surface area contributed by atoms with Crippen molar-refractivity contribution >= 4 is 28.3 Å². The molecular formula is C30H27NO8. The number of carbonyl (C=O) groups excluding carboxylic acids is 2. The van der Waals surface area contributed by atoms with Gasteiger partial charge in [0.05, 0.1) is 40.1 Å². The van der Waals surface area contributed by atoms with Crippen LogP contribution in [-0.4, -0.2) is 45.2 Å². The van der Waals surface area contributed by atoms with Crippen molar-refractivity contribution < 1.29 is 38.1 Å². The number of carbonyl (C=O) groups is 2. The molecule has 4 aromatic rings. The fourth-order valence-electron chi connectivity index (χ4n) is 4.94. The zero-order valence-electron chi connectivity index (χ0n) is 22.1. The van der Waals surface area contributed by atoms with Crippen LogP contribution in [0.1, 0.15) is 27.7 Å². The minimum Gasteiger partial charge on any atom is -0.503 e. The third-order valence-electron chi connectivity index (χ3n) is 6.78. The van der Waals surface area contributed by atoms with E-state index in [1.165, 1.54) is 33.3 Å². The van der Waals surface area contributed by atoms with Crippen LogP contribution in [0.4, 0.5) is 5.69 Å². The van der Waals surface area contributed by atoms with E-state index in [9.17, 15) is 14.7 Å². The van der Waals surface area contributed by atoms with E-state index >= 15 is 0 Å². The second kappa shape index (κ2) is 10.1. The number of nitrogens with zero attached hydrogens (tertiary/aromatic N) is 1. The number of aryl methyl sites for hydroxylation is 1. The first kappa shape index (κ1) is 25.7. The monoisotopic (exact) mass is 529 g/mol. The van der Waals surface area contributed by atoms with Gasteiger partial charge in [0.2, 0.25) is 11.5 Å². The first-order chi connectivity index (χ1) is 18.8. The van der Waals surface area contributed by atoms with E-state index in [1.54, 1.807) is 48.5 Å². The molecule has 9 nitrogen and oxygen atoms in total. The molecule has 0 saturated carbocycles. The number of aliphatic hydroxyl groups excluding tert-OH is 1. The molecule has 2 heterocycles. The molecule has 1 N–H and O–H groups in total. The largest absolute Gasteiger partial charge is 0.503 e. The van der Waals surface area contributed by atoms with Gasteiger partial charge in [0.15, 0.2) is 34.4 Å². The van der Waals surface area contributed by atoms with Crippen molar-refractivity contribution in [2.45, 2.75) is 13.0 Å². The van der Waals surface area contributed by atoms with Crippen LogP contribution in [0.2, 0.25) is 0 Å². The Bertz CT molecular complexity index is 1610. The highest BCUT2D eigenvalue weighted by molar-refractivity contribution is 6.21. The molecule has 0 saturated heterocycles. The summed E-state index contributed by atoms with van der Waals surface area (Å²) in [6, 6.07) is 16.3. The molecule has 0 spiro atoms. The summed E-state index contributed by atoms with van der Waals surface area (Å²) < 4.78 is 27.8. The van der Waals surface area contributed by atoms with Gasteiger partial charge in [0.25, 0.3) is 5.91 Å². The maximum Gasteiger partial charge on any atom is 0.294 e. The number of anilines is 1. The molecule has 5 rings (SSSR count). The molecule has 39 heavy (non-hydrogen) atoms. The maximum atomic E-state index is 14.0. The highest BCUT2D eigenvalue weighted by atomic mass is 16.5. The highest BCUT2D eigenvalue weighted by Crippen LogP contribution is 2.47. The van der Waals surface area contributed by atoms with Gasteiger partial charge < -0.3 is 28.5 Å². The summed E-state index contributed by atoms with van der Waals surface area (Å²) in [5.41, 5.74) is 2.01. The summed E-state index contributed by atoms with van der Waals surface area (Å²) in [6.07, 6.45) is 0. The van der Waals surface area contributed by atoms with Crippen molar-refractivity contribution in [1.82, 2.24) is 0 Å². The third-order valence-corrected chi connectivity index (χ3v) is 6.78. The second-order valence-corrected chi connectivity index (χ2v) is 8.90. The Morgan fingerprint density at radius 1 is 0.872 bits per heavy atom. The van der Waals surface area contributed by atoms with E-state index < -0.39 is 23.5 Å². The number of rotatable bonds is 8. The number of aliphatic hydroxyl groups is 1. The first-order valence-electron chi connectivity index (χ1n) is 12.1. The molecule has 9 heteroatoms. The zero-order chi connectivity index (χ0) is 27.8. The molecule has 3 aromatic carbocycles. The lowest BCUT2D eigenvalue weighted by atomic mass is 9.93. The zero-order valence-corrected chi connectivity index (χ0v) is 22.1. The fourth-order valence-corrected chi connectivity index (χ4v) is 4.94. The Morgan fingerprint density at radius 2 is 1.54 bits per heavy atom. The van der Waals surface area contributed by atoms with Gasteiger partial charge in [0.1, 0.15) is 0 Å². The minimum absolute atomic E-state index is 0.0482. The number of furan rings is 1. The number of hydrogen-bond acceptors (Lipinski definition) is 8. The van der Waals surface area contributed by atoms with Crippen LogP contribution < -0.4 is 23.8 Å². The number of ketones is 1. The smallest absolute Gasteiger partial charge is 0.294 e. The Labute approximate surface area is 224 Å². The number of ether oxygens (including phenoxy) is 4. The quantitative estimate of drug-likeness (QED) is 0.296. The van der Waals surface area contributed by atoms with Crippen LogP contribution in [0.15, 0.2) is 76.4 Å². The van der Waals surface area contributed by atoms with Gasteiger partial charge in [-0.25, -0.2) is 0 Å². The summed E-state index contributed by atoms with van der Waals surface area (Å²) in [7, 11) is 5.93. The van der Waals surface area contributed by atoms with Gasteiger partial charge in [-0.15, -0.1) is 0 Å². The predicted octanol–water partition coefficient (Wildman–Crippen LogP) is 5.56. The summed E-state index contributed by atoms with van der Waals surface area (Å²) in [5, 5.41) is 11.8. The lowest BCUT2D eigenvalue weighted by molar-refractivity contribution is -0.117. The normalized spacial score (nSPS) is 15.2. The Hall–Kier alpha value is -4.92. The first-order valence-corrected chi connectivity index (χ1v) is 12.1. The van der Waals surface area contributed by atoms with Gasteiger partial charge in [-0.3, -0.25) is 14.5 Å². The average Bonchev–Trinajstić information content (AvgIpc) is 3.51. The van der Waals surface area contributed by atoms with Gasteiger partial charge >= 0.3 is 0 Å². The molecule has 0 bridgehead atoms. The van der Waals surface area contributed by atoms with Crippen molar-refractivity contribution in [3.8, 4) is 23.0 Å². The Kier molecular flexibility index (Phi) is 6.66. The molecule has 1 amide bonds. The number of methoxy groups -OCH3 is 4. The van der Waals surface area contributed by atoms with Crippen LogP contribution in [0.3, 0.4) is 0 Å². The second-order valence-electron chi connectivity index (χ2n) is 8.90. The Morgan fingerprint density at radius 3 is 2.15 bits per heavy atom. The topological polar surface area (TPSA) is 108 Å². The lowest BCUT2D eigenvalue weighted by Gasteiger charge is -2.29. The van der Waals surface area contributed by atoms with Crippen molar-refractivity contribution in [2.75, 3.05) is 33.3 Å². The maximum absolute atomic E-state index is 14.0. The van der Waals surface area contributed by atoms with E-state index in [1.807, 2.05) is 19.1 Å². The lowest BCUT2D eigenvalue weighted by Crippen LogP contribution is -2.31. The number of fused-ring (bicyclic) bond motifs is 1. The Balaban J connectivity index is 1.73. The molecule has 0 fully saturated rings. The molecule has 1 atom stereocenters. The van der Waals surface area contributed by atoms with E-state index in [2.05, 4.69) is 0 Å². The van der Waals surface area contributed by atoms with Gasteiger partial charge in [-0.1, -0.05) is 30.3 Å². The summed E-state index contributed by atoms with van der Waals surface area (Å²) in [6.45, 7) is 1.84. The van der Waals surface area contributed by atoms with Crippen LogP contribution in [0, 0.1) is 6.92 Å². The summed E-state index contributed by atoms with van der Waals surface area (Å²) >= 11 is 0. The highest BCUT2D eigenvalue weighted by Gasteiger charge is 2.46. The summed E-state index contributed by atoms with van der Waals surface area (Å²) in [4.78, 5) is 29.0. The molecule has 1 aromatic heterocycles. The van der Waals surface area contributed by atoms with E-state index in [-0.39, 0.29) is 11.3 Å². The van der Waals surface area contributed by atoms with Crippen LogP contribution in [-0.2, 0) is 4.79 Å². The van der Waals surface area contributed by atoms with Crippen LogP contribution in [0.25, 0.3) is 11.0 Å². The number of Topliss-reactive ketones (excluding diaryl/α,β-unsaturated/α-hetero) is 1. The van der Waals surface area contributed by atoms with Gasteiger partial charge in [-0.05, 0) is 48.4 Å². The van der Waals surface area contributed by atoms with Crippen molar-refractivity contribution in [2.24, 2.45) is 0 Å². The minimum atomic E-state index is -1.03. The third kappa shape index (κ3) is 4.12. The van der Waals surface area contributed by atoms with Gasteiger partial charge in [0, 0.05) is 11.1 Å². The van der Waals surface area contributed by atoms with Crippen LogP contribution >= 0.6 is 0 Å². The van der Waals surface area contributed by atoms with Crippen molar-refractivity contribution in [1.29, 1.82) is 0 Å². The number of hydrogen-bond donors (Lipinski definition) is 1. The molecule has 1 aliphatic heterocycles. The number of amides is 1. The fraction of sp³-hybridized carbons (Fsp3) is 0.200. The van der Waals surface area contributed by atoms with E-state index in [4.69, 9.17) is 23.4 Å². The molecule has 1 aliphatic rings. The summed E-state index contributed by atoms with van der Waals surface area (Å²) in [5.74, 6) is -0.626. The van der Waals surface area contributed by atoms with Crippen molar-refractivity contribution in [3.63, 3.8) is 0 Å². The molecular weight excluding hydrogens is 502 g/mol. The molecule has 0 radical (unpaired) electrons. The average molecular weight is 530 g/mol. The van der Waals surface area contributed by atoms with Crippen LogP contribution in [0.5, 0.6) is 23.0 Å². The van der Waals surface area contributed by atoms with Gasteiger partial charge in [-0.2, -0.15) is 0 Å². The van der Waals surface area contributed by atoms with E-state index in [0.717, 1.165) is 5.56 Å².